The summed E-state index contributed by atoms with van der Waals surface area (Å²) >= 11 is 0. The zero-order valence-electron chi connectivity index (χ0n) is 8.21. The first-order chi connectivity index (χ1) is 5.95. The molecule has 5 nitrogen and oxygen atoms in total. The van der Waals surface area contributed by atoms with Gasteiger partial charge in [-0.25, -0.2) is 0 Å². The molecule has 1 rings (SSSR count). The summed E-state index contributed by atoms with van der Waals surface area (Å²) in [7, 11) is 1.52. The van der Waals surface area contributed by atoms with E-state index in [4.69, 9.17) is 4.52 Å². The monoisotopic (exact) mass is 183 g/mol. The van der Waals surface area contributed by atoms with Gasteiger partial charge in [0.2, 0.25) is 5.89 Å². The molecule has 0 saturated heterocycles. The van der Waals surface area contributed by atoms with E-state index in [2.05, 4.69) is 15.5 Å². The summed E-state index contributed by atoms with van der Waals surface area (Å²) in [6, 6.07) is 0. The molecule has 0 radical (unpaired) electrons. The van der Waals surface area contributed by atoms with Gasteiger partial charge in [0, 0.05) is 12.5 Å². The Morgan fingerprint density at radius 1 is 1.46 bits per heavy atom. The summed E-state index contributed by atoms with van der Waals surface area (Å²) in [5.41, 5.74) is -0.223. The van der Waals surface area contributed by atoms with Crippen molar-refractivity contribution in [2.24, 2.45) is 0 Å². The van der Waals surface area contributed by atoms with Gasteiger partial charge in [0.15, 0.2) is 0 Å². The molecule has 0 atom stereocenters. The number of hydrogen-bond acceptors (Lipinski definition) is 4. The summed E-state index contributed by atoms with van der Waals surface area (Å²) < 4.78 is 4.93. The average Bonchev–Trinajstić information content (AvgIpc) is 2.50. The lowest BCUT2D eigenvalue weighted by Gasteiger charge is -2.10. The molecule has 0 aromatic carbocycles. The molecule has 1 aromatic rings. The number of carbonyl (C=O) groups is 1. The fraction of sp³-hybridized carbons (Fsp3) is 0.625. The summed E-state index contributed by atoms with van der Waals surface area (Å²) in [5.74, 6) is 0.206. The second-order valence-corrected chi connectivity index (χ2v) is 3.75. The number of nitrogens with zero attached hydrogens (tertiary/aromatic N) is 2. The highest BCUT2D eigenvalue weighted by molar-refractivity contribution is 5.89. The van der Waals surface area contributed by atoms with Crippen LogP contribution in [0, 0.1) is 0 Å². The smallest absolute Gasteiger partial charge is 0.292 e. The first kappa shape index (κ1) is 9.70. The zero-order chi connectivity index (χ0) is 10.1. The second-order valence-electron chi connectivity index (χ2n) is 3.75. The molecular weight excluding hydrogens is 170 g/mol. The van der Waals surface area contributed by atoms with Gasteiger partial charge < -0.3 is 9.84 Å². The van der Waals surface area contributed by atoms with E-state index in [-0.39, 0.29) is 17.1 Å². The molecule has 0 spiro atoms. The van der Waals surface area contributed by atoms with Crippen molar-refractivity contribution in [3.63, 3.8) is 0 Å². The van der Waals surface area contributed by atoms with E-state index < -0.39 is 0 Å². The van der Waals surface area contributed by atoms with Crippen molar-refractivity contribution in [1.29, 1.82) is 0 Å². The minimum Gasteiger partial charge on any atom is -0.352 e. The molecule has 1 heterocycles. The fourth-order valence-electron chi connectivity index (χ4n) is 0.732. The predicted octanol–water partition coefficient (Wildman–Crippen LogP) is 0.727. The van der Waals surface area contributed by atoms with E-state index in [1.807, 2.05) is 20.8 Å². The van der Waals surface area contributed by atoms with E-state index in [0.29, 0.717) is 5.89 Å². The van der Waals surface area contributed by atoms with Crippen molar-refractivity contribution in [1.82, 2.24) is 15.5 Å². The van der Waals surface area contributed by atoms with Crippen LogP contribution in [0.1, 0.15) is 37.3 Å². The normalized spacial score (nSPS) is 11.4. The minimum absolute atomic E-state index is 0.0763. The van der Waals surface area contributed by atoms with Crippen LogP contribution in [0.25, 0.3) is 0 Å². The van der Waals surface area contributed by atoms with Crippen molar-refractivity contribution in [2.45, 2.75) is 26.2 Å². The molecule has 72 valence electrons. The third kappa shape index (κ3) is 2.05. The van der Waals surface area contributed by atoms with Gasteiger partial charge in [0.1, 0.15) is 0 Å². The summed E-state index contributed by atoms with van der Waals surface area (Å²) in [6.07, 6.45) is 0. The number of hydrogen-bond donors (Lipinski definition) is 1. The molecule has 0 aliphatic rings. The summed E-state index contributed by atoms with van der Waals surface area (Å²) in [4.78, 5) is 15.0. The average molecular weight is 183 g/mol. The van der Waals surface area contributed by atoms with E-state index in [9.17, 15) is 4.79 Å². The van der Waals surface area contributed by atoms with E-state index in [0.717, 1.165) is 0 Å². The Morgan fingerprint density at radius 3 is 2.46 bits per heavy atom. The van der Waals surface area contributed by atoms with Gasteiger partial charge in [0.25, 0.3) is 11.7 Å². The summed E-state index contributed by atoms with van der Waals surface area (Å²) in [5, 5.41) is 5.98. The van der Waals surface area contributed by atoms with Gasteiger partial charge in [0.05, 0.1) is 0 Å². The van der Waals surface area contributed by atoms with Crippen LogP contribution in [-0.2, 0) is 5.41 Å². The number of nitrogens with one attached hydrogen (secondary N) is 1. The molecule has 0 saturated carbocycles. The maximum Gasteiger partial charge on any atom is 0.292 e. The predicted molar refractivity (Wildman–Crippen MR) is 46.4 cm³/mol. The Hall–Kier alpha value is -1.39. The highest BCUT2D eigenvalue weighted by Crippen LogP contribution is 2.19. The number of aromatic nitrogens is 2. The molecule has 13 heavy (non-hydrogen) atoms. The van der Waals surface area contributed by atoms with Crippen LogP contribution in [0.2, 0.25) is 0 Å². The molecule has 1 aromatic heterocycles. The first-order valence-corrected chi connectivity index (χ1v) is 4.01. The molecule has 5 heteroatoms. The van der Waals surface area contributed by atoms with Crippen molar-refractivity contribution in [3.8, 4) is 0 Å². The highest BCUT2D eigenvalue weighted by Gasteiger charge is 2.23. The molecule has 0 unspecified atom stereocenters. The quantitative estimate of drug-likeness (QED) is 0.696. The maximum absolute atomic E-state index is 11.1. The van der Waals surface area contributed by atoms with Crippen molar-refractivity contribution < 1.29 is 9.32 Å². The van der Waals surface area contributed by atoms with Crippen LogP contribution in [0.5, 0.6) is 0 Å². The Kier molecular flexibility index (Phi) is 2.36. The Morgan fingerprint density at radius 2 is 2.08 bits per heavy atom. The molecule has 0 bridgehead atoms. The molecule has 0 aliphatic carbocycles. The van der Waals surface area contributed by atoms with Crippen molar-refractivity contribution in [3.05, 3.63) is 11.7 Å². The third-order valence-corrected chi connectivity index (χ3v) is 1.50. The highest BCUT2D eigenvalue weighted by atomic mass is 16.5. The van der Waals surface area contributed by atoms with Gasteiger partial charge >= 0.3 is 0 Å². The van der Waals surface area contributed by atoms with Gasteiger partial charge in [-0.15, -0.1) is 0 Å². The lowest BCUT2D eigenvalue weighted by molar-refractivity contribution is 0.0950. The lowest BCUT2D eigenvalue weighted by Crippen LogP contribution is -2.20. The molecule has 1 amide bonds. The number of rotatable bonds is 1. The lowest BCUT2D eigenvalue weighted by atomic mass is 9.97. The fourth-order valence-corrected chi connectivity index (χ4v) is 0.732. The maximum atomic E-state index is 11.1. The van der Waals surface area contributed by atoms with Gasteiger partial charge in [-0.3, -0.25) is 4.79 Å². The van der Waals surface area contributed by atoms with Crippen LogP contribution in [0.4, 0.5) is 0 Å². The molecule has 0 fully saturated rings. The second kappa shape index (κ2) is 3.16. The topological polar surface area (TPSA) is 68.0 Å². The van der Waals surface area contributed by atoms with Crippen LogP contribution >= 0.6 is 0 Å². The van der Waals surface area contributed by atoms with E-state index in [1.165, 1.54) is 7.05 Å². The largest absolute Gasteiger partial charge is 0.352 e. The third-order valence-electron chi connectivity index (χ3n) is 1.50. The first-order valence-electron chi connectivity index (χ1n) is 4.01. The van der Waals surface area contributed by atoms with Crippen LogP contribution < -0.4 is 5.32 Å². The van der Waals surface area contributed by atoms with E-state index in [1.54, 1.807) is 0 Å². The Balaban J connectivity index is 2.93. The van der Waals surface area contributed by atoms with Gasteiger partial charge in [-0.05, 0) is 0 Å². The Labute approximate surface area is 76.5 Å². The summed E-state index contributed by atoms with van der Waals surface area (Å²) in [6.45, 7) is 5.82. The minimum atomic E-state index is -0.334. The van der Waals surface area contributed by atoms with Crippen LogP contribution in [0.3, 0.4) is 0 Å². The van der Waals surface area contributed by atoms with Crippen LogP contribution in [0.15, 0.2) is 4.52 Å². The van der Waals surface area contributed by atoms with Gasteiger partial charge in [-0.1, -0.05) is 25.9 Å². The zero-order valence-corrected chi connectivity index (χ0v) is 8.21. The number of carbonyl (C=O) groups excluding carboxylic acids is 1. The standard InChI is InChI=1S/C8H13N3O2/c1-8(2,3)7-10-5(11-13-7)6(12)9-4/h1-4H3,(H,9,12). The van der Waals surface area contributed by atoms with Crippen molar-refractivity contribution >= 4 is 5.91 Å². The Bertz CT molecular complexity index is 311. The molecular formula is C8H13N3O2. The van der Waals surface area contributed by atoms with Gasteiger partial charge in [-0.2, -0.15) is 4.98 Å². The van der Waals surface area contributed by atoms with Crippen molar-refractivity contribution in [2.75, 3.05) is 7.05 Å². The molecule has 0 aliphatic heterocycles. The van der Waals surface area contributed by atoms with E-state index >= 15 is 0 Å². The SMILES string of the molecule is CNC(=O)c1noc(C(C)(C)C)n1. The van der Waals surface area contributed by atoms with Crippen LogP contribution in [-0.4, -0.2) is 23.1 Å². The molecule has 1 N–H and O–H groups in total. The number of amides is 1.